The van der Waals surface area contributed by atoms with Crippen molar-refractivity contribution in [2.75, 3.05) is 4.90 Å². The van der Waals surface area contributed by atoms with E-state index in [1.807, 2.05) is 18.2 Å². The molecule has 0 fully saturated rings. The van der Waals surface area contributed by atoms with Gasteiger partial charge < -0.3 is 4.90 Å². The summed E-state index contributed by atoms with van der Waals surface area (Å²) >= 11 is 0. The molecular formula is C20H17N. The van der Waals surface area contributed by atoms with E-state index in [-0.39, 0.29) is 0 Å². The SMILES string of the molecule is C(=C/N(c1ccccc1)c1ccccc1)/c1ccccc1. The van der Waals surface area contributed by atoms with Crippen molar-refractivity contribution in [1.82, 2.24) is 0 Å². The van der Waals surface area contributed by atoms with Gasteiger partial charge in [0.15, 0.2) is 0 Å². The first-order valence-corrected chi connectivity index (χ1v) is 7.06. The maximum atomic E-state index is 2.19. The van der Waals surface area contributed by atoms with Crippen LogP contribution in [0.25, 0.3) is 6.08 Å². The zero-order chi connectivity index (χ0) is 14.3. The van der Waals surface area contributed by atoms with E-state index in [4.69, 9.17) is 0 Å². The summed E-state index contributed by atoms with van der Waals surface area (Å²) in [6, 6.07) is 31.1. The molecule has 102 valence electrons. The summed E-state index contributed by atoms with van der Waals surface area (Å²) in [4.78, 5) is 2.19. The highest BCUT2D eigenvalue weighted by atomic mass is 15.1. The van der Waals surface area contributed by atoms with Crippen LogP contribution >= 0.6 is 0 Å². The first kappa shape index (κ1) is 13.2. The highest BCUT2D eigenvalue weighted by Crippen LogP contribution is 2.25. The summed E-state index contributed by atoms with van der Waals surface area (Å²) in [5.41, 5.74) is 3.49. The number of benzene rings is 3. The van der Waals surface area contributed by atoms with Gasteiger partial charge in [0.1, 0.15) is 0 Å². The van der Waals surface area contributed by atoms with Gasteiger partial charge in [-0.25, -0.2) is 0 Å². The molecule has 21 heavy (non-hydrogen) atoms. The average Bonchev–Trinajstić information content (AvgIpc) is 2.58. The Bertz CT molecular complexity index is 648. The Balaban J connectivity index is 1.96. The zero-order valence-electron chi connectivity index (χ0n) is 11.8. The van der Waals surface area contributed by atoms with Crippen molar-refractivity contribution in [3.63, 3.8) is 0 Å². The standard InChI is InChI=1S/C20H17N/c1-4-10-18(11-5-1)16-17-21(19-12-6-2-7-13-19)20-14-8-3-9-15-20/h1-17H/b17-16-. The maximum absolute atomic E-state index is 2.19. The number of hydrogen-bond acceptors (Lipinski definition) is 1. The van der Waals surface area contributed by atoms with Crippen LogP contribution in [0.4, 0.5) is 11.4 Å². The fraction of sp³-hybridized carbons (Fsp3) is 0. The molecule has 0 radical (unpaired) electrons. The molecule has 0 bridgehead atoms. The minimum Gasteiger partial charge on any atom is -0.317 e. The highest BCUT2D eigenvalue weighted by Gasteiger charge is 2.04. The molecule has 1 heteroatoms. The lowest BCUT2D eigenvalue weighted by atomic mass is 10.2. The summed E-state index contributed by atoms with van der Waals surface area (Å²) in [5, 5.41) is 0. The van der Waals surface area contributed by atoms with Gasteiger partial charge in [0.25, 0.3) is 0 Å². The number of para-hydroxylation sites is 2. The Morgan fingerprint density at radius 1 is 0.524 bits per heavy atom. The van der Waals surface area contributed by atoms with Gasteiger partial charge in [0, 0.05) is 17.6 Å². The number of anilines is 2. The molecule has 0 saturated carbocycles. The van der Waals surface area contributed by atoms with Gasteiger partial charge >= 0.3 is 0 Å². The molecular weight excluding hydrogens is 254 g/mol. The Morgan fingerprint density at radius 3 is 1.43 bits per heavy atom. The smallest absolute Gasteiger partial charge is 0.0455 e. The third-order valence-electron chi connectivity index (χ3n) is 3.28. The van der Waals surface area contributed by atoms with Crippen molar-refractivity contribution >= 4 is 17.5 Å². The third kappa shape index (κ3) is 3.40. The van der Waals surface area contributed by atoms with E-state index in [9.17, 15) is 0 Å². The van der Waals surface area contributed by atoms with Gasteiger partial charge in [-0.3, -0.25) is 0 Å². The number of nitrogens with zero attached hydrogens (tertiary/aromatic N) is 1. The molecule has 0 aliphatic carbocycles. The lowest BCUT2D eigenvalue weighted by Gasteiger charge is -2.20. The lowest BCUT2D eigenvalue weighted by molar-refractivity contribution is 1.29. The summed E-state index contributed by atoms with van der Waals surface area (Å²) in [6.07, 6.45) is 4.24. The van der Waals surface area contributed by atoms with Crippen LogP contribution in [0.15, 0.2) is 97.2 Å². The highest BCUT2D eigenvalue weighted by molar-refractivity contribution is 5.69. The predicted molar refractivity (Wildman–Crippen MR) is 90.5 cm³/mol. The molecule has 0 aliphatic rings. The Labute approximate surface area is 125 Å². The molecule has 1 nitrogen and oxygen atoms in total. The van der Waals surface area contributed by atoms with Crippen LogP contribution in [0.1, 0.15) is 5.56 Å². The van der Waals surface area contributed by atoms with Crippen molar-refractivity contribution in [2.24, 2.45) is 0 Å². The molecule has 0 saturated heterocycles. The molecule has 0 atom stereocenters. The van der Waals surface area contributed by atoms with Crippen LogP contribution in [-0.4, -0.2) is 0 Å². The van der Waals surface area contributed by atoms with E-state index in [0.717, 1.165) is 11.4 Å². The molecule has 0 heterocycles. The van der Waals surface area contributed by atoms with Gasteiger partial charge in [-0.1, -0.05) is 66.7 Å². The Hall–Kier alpha value is -2.80. The number of rotatable bonds is 4. The summed E-state index contributed by atoms with van der Waals surface area (Å²) in [6.45, 7) is 0. The summed E-state index contributed by atoms with van der Waals surface area (Å²) < 4.78 is 0. The average molecular weight is 271 g/mol. The van der Waals surface area contributed by atoms with E-state index >= 15 is 0 Å². The van der Waals surface area contributed by atoms with Crippen molar-refractivity contribution in [2.45, 2.75) is 0 Å². The van der Waals surface area contributed by atoms with Crippen LogP contribution in [0.3, 0.4) is 0 Å². The van der Waals surface area contributed by atoms with E-state index in [1.54, 1.807) is 0 Å². The fourth-order valence-electron chi connectivity index (χ4n) is 2.22. The van der Waals surface area contributed by atoms with Gasteiger partial charge in [0.2, 0.25) is 0 Å². The summed E-state index contributed by atoms with van der Waals surface area (Å²) in [7, 11) is 0. The molecule has 0 aromatic heterocycles. The fourth-order valence-corrected chi connectivity index (χ4v) is 2.22. The first-order chi connectivity index (χ1) is 10.4. The van der Waals surface area contributed by atoms with Crippen LogP contribution in [0.2, 0.25) is 0 Å². The van der Waals surface area contributed by atoms with E-state index in [1.165, 1.54) is 5.56 Å². The topological polar surface area (TPSA) is 3.24 Å². The van der Waals surface area contributed by atoms with Gasteiger partial charge in [-0.05, 0) is 35.9 Å². The first-order valence-electron chi connectivity index (χ1n) is 7.06. The van der Waals surface area contributed by atoms with Crippen molar-refractivity contribution in [3.8, 4) is 0 Å². The molecule has 0 spiro atoms. The monoisotopic (exact) mass is 271 g/mol. The molecule has 3 aromatic rings. The third-order valence-corrected chi connectivity index (χ3v) is 3.28. The van der Waals surface area contributed by atoms with Gasteiger partial charge in [-0.15, -0.1) is 0 Å². The van der Waals surface area contributed by atoms with E-state index in [0.29, 0.717) is 0 Å². The summed E-state index contributed by atoms with van der Waals surface area (Å²) in [5.74, 6) is 0. The van der Waals surface area contributed by atoms with Crippen molar-refractivity contribution < 1.29 is 0 Å². The van der Waals surface area contributed by atoms with E-state index < -0.39 is 0 Å². The van der Waals surface area contributed by atoms with Gasteiger partial charge in [-0.2, -0.15) is 0 Å². The minimum absolute atomic E-state index is 1.15. The van der Waals surface area contributed by atoms with Crippen LogP contribution in [0.5, 0.6) is 0 Å². The number of hydrogen-bond donors (Lipinski definition) is 0. The Morgan fingerprint density at radius 2 is 0.952 bits per heavy atom. The van der Waals surface area contributed by atoms with Crippen molar-refractivity contribution in [3.05, 3.63) is 103 Å². The van der Waals surface area contributed by atoms with Gasteiger partial charge in [0.05, 0.1) is 0 Å². The van der Waals surface area contributed by atoms with E-state index in [2.05, 4.69) is 90.0 Å². The molecule has 3 rings (SSSR count). The van der Waals surface area contributed by atoms with Crippen LogP contribution < -0.4 is 4.90 Å². The lowest BCUT2D eigenvalue weighted by Crippen LogP contribution is -2.07. The zero-order valence-corrected chi connectivity index (χ0v) is 11.8. The molecule has 0 amide bonds. The largest absolute Gasteiger partial charge is 0.317 e. The minimum atomic E-state index is 1.15. The molecule has 0 N–H and O–H groups in total. The second-order valence-electron chi connectivity index (χ2n) is 4.77. The second kappa shape index (κ2) is 6.58. The molecule has 0 aliphatic heterocycles. The van der Waals surface area contributed by atoms with Crippen LogP contribution in [-0.2, 0) is 0 Å². The maximum Gasteiger partial charge on any atom is 0.0455 e. The second-order valence-corrected chi connectivity index (χ2v) is 4.77. The Kier molecular flexibility index (Phi) is 4.13. The quantitative estimate of drug-likeness (QED) is 0.606. The predicted octanol–water partition coefficient (Wildman–Crippen LogP) is 5.50. The molecule has 3 aromatic carbocycles. The normalized spacial score (nSPS) is 10.7. The molecule has 0 unspecified atom stereocenters. The van der Waals surface area contributed by atoms with Crippen LogP contribution in [0, 0.1) is 0 Å². The van der Waals surface area contributed by atoms with Crippen molar-refractivity contribution in [1.29, 1.82) is 0 Å².